The van der Waals surface area contributed by atoms with E-state index in [1.807, 2.05) is 0 Å². The van der Waals surface area contributed by atoms with Gasteiger partial charge in [-0.15, -0.1) is 0 Å². The van der Waals surface area contributed by atoms with E-state index in [0.717, 1.165) is 6.08 Å². The summed E-state index contributed by atoms with van der Waals surface area (Å²) in [4.78, 5) is 21.2. The number of hydrogen-bond donors (Lipinski definition) is 2. The van der Waals surface area contributed by atoms with E-state index in [2.05, 4.69) is 0 Å². The van der Waals surface area contributed by atoms with Crippen molar-refractivity contribution in [2.45, 2.75) is 0 Å². The smallest absolute Gasteiger partial charge is 0.289 e. The number of carbonyl (C=O) groups is 2. The molecule has 0 saturated heterocycles. The van der Waals surface area contributed by atoms with Crippen molar-refractivity contribution in [3.05, 3.63) is 42.0 Å². The molecule has 0 fully saturated rings. The zero-order valence-electron chi connectivity index (χ0n) is 7.31. The summed E-state index contributed by atoms with van der Waals surface area (Å²) in [6.07, 6.45) is 0.803. The number of amides is 1. The Kier molecular flexibility index (Phi) is 3.01. The summed E-state index contributed by atoms with van der Waals surface area (Å²) in [7, 11) is 0. The fraction of sp³-hybridized carbons (Fsp3) is 0. The molecule has 72 valence electrons. The first-order chi connectivity index (χ1) is 6.61. The topological polar surface area (TPSA) is 80.4 Å². The lowest BCUT2D eigenvalue weighted by Gasteiger charge is -1.97. The van der Waals surface area contributed by atoms with Gasteiger partial charge in [0.05, 0.1) is 0 Å². The lowest BCUT2D eigenvalue weighted by Crippen LogP contribution is -2.21. The molecule has 4 nitrogen and oxygen atoms in total. The molecule has 0 aliphatic rings. The molecule has 0 radical (unpaired) electrons. The van der Waals surface area contributed by atoms with Crippen LogP contribution in [0.3, 0.4) is 0 Å². The van der Waals surface area contributed by atoms with Crippen LogP contribution in [0.15, 0.2) is 36.4 Å². The van der Waals surface area contributed by atoms with Crippen molar-refractivity contribution in [1.29, 1.82) is 0 Å². The Morgan fingerprint density at radius 2 is 1.79 bits per heavy atom. The van der Waals surface area contributed by atoms with Crippen LogP contribution in [0.1, 0.15) is 5.56 Å². The van der Waals surface area contributed by atoms with Gasteiger partial charge in [0, 0.05) is 11.6 Å². The van der Waals surface area contributed by atoms with Gasteiger partial charge in [-0.25, -0.2) is 0 Å². The van der Waals surface area contributed by atoms with Gasteiger partial charge in [0.15, 0.2) is 0 Å². The Labute approximate surface area is 80.7 Å². The largest absolute Gasteiger partial charge is 0.507 e. The van der Waals surface area contributed by atoms with E-state index >= 15 is 0 Å². The summed E-state index contributed by atoms with van der Waals surface area (Å²) in [5, 5.41) is 9.37. The molecule has 1 rings (SSSR count). The van der Waals surface area contributed by atoms with Crippen molar-refractivity contribution in [3.8, 4) is 0 Å². The van der Waals surface area contributed by atoms with Crippen LogP contribution < -0.4 is 5.73 Å². The van der Waals surface area contributed by atoms with Gasteiger partial charge in [-0.2, -0.15) is 0 Å². The number of aliphatic hydroxyl groups is 1. The molecular weight excluding hydrogens is 182 g/mol. The van der Waals surface area contributed by atoms with Gasteiger partial charge in [-0.1, -0.05) is 30.3 Å². The molecule has 0 aliphatic carbocycles. The molecular formula is C10H9NO3. The molecule has 0 aromatic heterocycles. The van der Waals surface area contributed by atoms with Crippen molar-refractivity contribution < 1.29 is 14.7 Å². The number of hydrogen-bond acceptors (Lipinski definition) is 3. The first-order valence-electron chi connectivity index (χ1n) is 3.91. The van der Waals surface area contributed by atoms with Crippen molar-refractivity contribution in [3.63, 3.8) is 0 Å². The molecule has 1 aromatic carbocycles. The van der Waals surface area contributed by atoms with Crippen LogP contribution in [0, 0.1) is 0 Å². The molecule has 0 heterocycles. The third-order valence-corrected chi connectivity index (χ3v) is 1.58. The summed E-state index contributed by atoms with van der Waals surface area (Å²) in [6.45, 7) is 0. The molecule has 4 heteroatoms. The highest BCUT2D eigenvalue weighted by Crippen LogP contribution is 2.09. The van der Waals surface area contributed by atoms with Crippen LogP contribution in [0.25, 0.3) is 5.76 Å². The number of nitrogens with two attached hydrogens (primary N) is 1. The number of rotatable bonds is 3. The third-order valence-electron chi connectivity index (χ3n) is 1.58. The van der Waals surface area contributed by atoms with Crippen LogP contribution in [0.4, 0.5) is 0 Å². The van der Waals surface area contributed by atoms with Gasteiger partial charge < -0.3 is 10.8 Å². The van der Waals surface area contributed by atoms with E-state index in [4.69, 9.17) is 5.73 Å². The molecule has 0 spiro atoms. The monoisotopic (exact) mass is 191 g/mol. The van der Waals surface area contributed by atoms with Gasteiger partial charge in [0.25, 0.3) is 5.91 Å². The number of primary amides is 1. The maximum atomic E-state index is 10.8. The van der Waals surface area contributed by atoms with E-state index < -0.39 is 11.7 Å². The second-order valence-electron chi connectivity index (χ2n) is 2.62. The average molecular weight is 191 g/mol. The molecule has 0 unspecified atom stereocenters. The number of carbonyl (C=O) groups excluding carboxylic acids is 2. The Morgan fingerprint density at radius 1 is 1.21 bits per heavy atom. The molecule has 14 heavy (non-hydrogen) atoms. The quantitative estimate of drug-likeness (QED) is 0.418. The predicted octanol–water partition coefficient (Wildman–Crippen LogP) is 0.640. The summed E-state index contributed by atoms with van der Waals surface area (Å²) < 4.78 is 0. The van der Waals surface area contributed by atoms with Crippen molar-refractivity contribution in [2.24, 2.45) is 5.73 Å². The lowest BCUT2D eigenvalue weighted by molar-refractivity contribution is -0.133. The standard InChI is InChI=1S/C10H9NO3/c11-10(14)9(13)6-8(12)7-4-2-1-3-5-7/h1-6,12H,(H2,11,14)/b8-6-. The highest BCUT2D eigenvalue weighted by atomic mass is 16.3. The van der Waals surface area contributed by atoms with Crippen LogP contribution in [0.2, 0.25) is 0 Å². The summed E-state index contributed by atoms with van der Waals surface area (Å²) >= 11 is 0. The zero-order chi connectivity index (χ0) is 10.6. The minimum Gasteiger partial charge on any atom is -0.507 e. The summed E-state index contributed by atoms with van der Waals surface area (Å²) in [5.41, 5.74) is 5.18. The van der Waals surface area contributed by atoms with Gasteiger partial charge in [-0.05, 0) is 0 Å². The average Bonchev–Trinajstić information content (AvgIpc) is 2.19. The van der Waals surface area contributed by atoms with Gasteiger partial charge in [-0.3, -0.25) is 9.59 Å². The fourth-order valence-electron chi connectivity index (χ4n) is 0.888. The molecule has 1 amide bonds. The molecule has 0 aliphatic heterocycles. The number of ketones is 1. The molecule has 0 bridgehead atoms. The van der Waals surface area contributed by atoms with Crippen LogP contribution in [-0.4, -0.2) is 16.8 Å². The second kappa shape index (κ2) is 4.23. The maximum absolute atomic E-state index is 10.8. The van der Waals surface area contributed by atoms with Gasteiger partial charge >= 0.3 is 0 Å². The van der Waals surface area contributed by atoms with Crippen molar-refractivity contribution in [1.82, 2.24) is 0 Å². The fourth-order valence-corrected chi connectivity index (χ4v) is 0.888. The SMILES string of the molecule is NC(=O)C(=O)/C=C(\O)c1ccccc1. The molecule has 0 atom stereocenters. The predicted molar refractivity (Wildman–Crippen MR) is 51.2 cm³/mol. The van der Waals surface area contributed by atoms with Crippen molar-refractivity contribution >= 4 is 17.4 Å². The second-order valence-corrected chi connectivity index (χ2v) is 2.62. The van der Waals surface area contributed by atoms with Crippen LogP contribution in [0.5, 0.6) is 0 Å². The number of benzene rings is 1. The van der Waals surface area contributed by atoms with Crippen molar-refractivity contribution in [2.75, 3.05) is 0 Å². The van der Waals surface area contributed by atoms with E-state index in [1.165, 1.54) is 0 Å². The Bertz CT molecular complexity index is 382. The van der Waals surface area contributed by atoms with Crippen LogP contribution in [-0.2, 0) is 9.59 Å². The van der Waals surface area contributed by atoms with Gasteiger partial charge in [0.2, 0.25) is 5.78 Å². The zero-order valence-corrected chi connectivity index (χ0v) is 7.31. The highest BCUT2D eigenvalue weighted by Gasteiger charge is 2.07. The van der Waals surface area contributed by atoms with E-state index in [1.54, 1.807) is 30.3 Å². The Balaban J connectivity index is 2.91. The minimum atomic E-state index is -1.09. The molecule has 0 saturated carbocycles. The normalized spacial score (nSPS) is 11.0. The summed E-state index contributed by atoms with van der Waals surface area (Å²) in [5.74, 6) is -2.28. The first kappa shape index (κ1) is 9.98. The third kappa shape index (κ3) is 2.45. The molecule has 1 aromatic rings. The first-order valence-corrected chi connectivity index (χ1v) is 3.91. The Morgan fingerprint density at radius 3 is 2.29 bits per heavy atom. The Hall–Kier alpha value is -2.10. The van der Waals surface area contributed by atoms with Crippen LogP contribution >= 0.6 is 0 Å². The minimum absolute atomic E-state index is 0.269. The van der Waals surface area contributed by atoms with Gasteiger partial charge in [0.1, 0.15) is 5.76 Å². The summed E-state index contributed by atoms with van der Waals surface area (Å²) in [6, 6.07) is 8.40. The highest BCUT2D eigenvalue weighted by molar-refractivity contribution is 6.41. The lowest BCUT2D eigenvalue weighted by atomic mass is 10.1. The maximum Gasteiger partial charge on any atom is 0.289 e. The van der Waals surface area contributed by atoms with E-state index in [-0.39, 0.29) is 5.76 Å². The number of aliphatic hydroxyl groups excluding tert-OH is 1. The molecule has 3 N–H and O–H groups in total. The van der Waals surface area contributed by atoms with E-state index in [0.29, 0.717) is 5.56 Å². The van der Waals surface area contributed by atoms with E-state index in [9.17, 15) is 14.7 Å².